The first-order valence-electron chi connectivity index (χ1n) is 12.7. The van der Waals surface area contributed by atoms with Crippen LogP contribution in [0.5, 0.6) is 0 Å². The Labute approximate surface area is 206 Å². The van der Waals surface area contributed by atoms with Crippen molar-refractivity contribution in [3.8, 4) is 11.3 Å². The van der Waals surface area contributed by atoms with Crippen molar-refractivity contribution in [1.29, 1.82) is 0 Å². The number of rotatable bonds is 7. The summed E-state index contributed by atoms with van der Waals surface area (Å²) in [5.41, 5.74) is 3.26. The lowest BCUT2D eigenvalue weighted by Gasteiger charge is -2.40. The van der Waals surface area contributed by atoms with Gasteiger partial charge in [-0.3, -0.25) is 0 Å². The van der Waals surface area contributed by atoms with Gasteiger partial charge >= 0.3 is 6.09 Å². The minimum Gasteiger partial charge on any atom is -0.445 e. The average Bonchev–Trinajstić information content (AvgIpc) is 3.45. The van der Waals surface area contributed by atoms with E-state index in [0.29, 0.717) is 12.6 Å². The summed E-state index contributed by atoms with van der Waals surface area (Å²) in [6, 6.07) is 19.1. The molecule has 3 aromatic rings. The highest BCUT2D eigenvalue weighted by atomic mass is 16.5. The smallest absolute Gasteiger partial charge is 0.407 e. The Hall–Kier alpha value is -3.32. The summed E-state index contributed by atoms with van der Waals surface area (Å²) in [5, 5.41) is 7.03. The molecule has 0 unspecified atom stereocenters. The van der Waals surface area contributed by atoms with E-state index in [0.717, 1.165) is 62.1 Å². The summed E-state index contributed by atoms with van der Waals surface area (Å²) >= 11 is 0. The molecular weight excluding hydrogens is 440 g/mol. The first kappa shape index (κ1) is 23.4. The van der Waals surface area contributed by atoms with E-state index >= 15 is 0 Å². The highest BCUT2D eigenvalue weighted by Crippen LogP contribution is 2.26. The number of hydrogen-bond acceptors (Lipinski definition) is 6. The van der Waals surface area contributed by atoms with Crippen molar-refractivity contribution in [2.24, 2.45) is 0 Å². The molecule has 1 saturated heterocycles. The van der Waals surface area contributed by atoms with Crippen LogP contribution in [0, 0.1) is 0 Å². The number of aromatic nitrogens is 1. The highest BCUT2D eigenvalue weighted by molar-refractivity contribution is 5.67. The summed E-state index contributed by atoms with van der Waals surface area (Å²) in [7, 11) is 0. The molecule has 5 rings (SSSR count). The zero-order chi connectivity index (χ0) is 23.9. The number of benzene rings is 2. The Morgan fingerprint density at radius 1 is 1.00 bits per heavy atom. The molecule has 1 saturated carbocycles. The fraction of sp³-hybridized carbons (Fsp3) is 0.429. The van der Waals surface area contributed by atoms with Crippen LogP contribution in [0.25, 0.3) is 11.3 Å². The minimum absolute atomic E-state index is 0.101. The maximum absolute atomic E-state index is 12.5. The zero-order valence-corrected chi connectivity index (χ0v) is 20.1. The number of carbonyl (C=O) groups is 1. The molecule has 2 N–H and O–H groups in total. The molecule has 184 valence electrons. The van der Waals surface area contributed by atoms with E-state index in [1.807, 2.05) is 30.3 Å². The van der Waals surface area contributed by atoms with Crippen molar-refractivity contribution < 1.29 is 13.9 Å². The van der Waals surface area contributed by atoms with Crippen molar-refractivity contribution in [1.82, 2.24) is 15.6 Å². The Balaban J connectivity index is 1.14. The molecule has 7 heteroatoms. The Morgan fingerprint density at radius 3 is 2.57 bits per heavy atom. The maximum atomic E-state index is 12.5. The maximum Gasteiger partial charge on any atom is 0.407 e. The fourth-order valence-corrected chi connectivity index (χ4v) is 5.26. The number of anilines is 1. The van der Waals surface area contributed by atoms with Crippen LogP contribution >= 0.6 is 0 Å². The number of piperidine rings is 1. The summed E-state index contributed by atoms with van der Waals surface area (Å²) in [4.78, 5) is 18.9. The third-order valence-electron chi connectivity index (χ3n) is 7.10. The van der Waals surface area contributed by atoms with Crippen LogP contribution in [-0.2, 0) is 11.3 Å². The van der Waals surface area contributed by atoms with E-state index in [2.05, 4.69) is 44.8 Å². The van der Waals surface area contributed by atoms with Gasteiger partial charge in [-0.15, -0.1) is 0 Å². The van der Waals surface area contributed by atoms with Gasteiger partial charge in [0, 0.05) is 42.5 Å². The molecule has 2 heterocycles. The molecular formula is C28H34N4O3. The predicted molar refractivity (Wildman–Crippen MR) is 136 cm³/mol. The highest BCUT2D eigenvalue weighted by Gasteiger charge is 2.30. The summed E-state index contributed by atoms with van der Waals surface area (Å²) in [5.74, 6) is 0.785. The molecule has 0 radical (unpaired) electrons. The molecule has 0 spiro atoms. The standard InChI is InChI=1S/C28H34N4O3/c33-28(34-19-21-7-2-1-3-8-21)31-26-11-5-4-10-25(26)30-23-9-6-16-32(18-23)24-14-12-22(13-15-24)27-17-29-20-35-27/h1-3,7-8,12-15,17,20,23,25-26,30H,4-6,9-11,16,18-19H2,(H,31,33)/t23-,25+,26+/m0/s1. The number of amides is 1. The largest absolute Gasteiger partial charge is 0.445 e. The second-order valence-corrected chi connectivity index (χ2v) is 9.57. The fourth-order valence-electron chi connectivity index (χ4n) is 5.26. The topological polar surface area (TPSA) is 79.6 Å². The quantitative estimate of drug-likeness (QED) is 0.494. The van der Waals surface area contributed by atoms with E-state index in [-0.39, 0.29) is 18.2 Å². The van der Waals surface area contributed by atoms with Crippen LogP contribution in [-0.4, -0.2) is 42.3 Å². The number of nitrogens with one attached hydrogen (secondary N) is 2. The van der Waals surface area contributed by atoms with Gasteiger partial charge in [0.05, 0.1) is 6.20 Å². The Morgan fingerprint density at radius 2 is 1.80 bits per heavy atom. The molecule has 2 fully saturated rings. The van der Waals surface area contributed by atoms with Crippen LogP contribution in [0.4, 0.5) is 10.5 Å². The second kappa shape index (κ2) is 11.4. The number of nitrogens with zero attached hydrogens (tertiary/aromatic N) is 2. The summed E-state index contributed by atoms with van der Waals surface area (Å²) in [6.07, 6.45) is 9.54. The molecule has 1 aliphatic heterocycles. The van der Waals surface area contributed by atoms with Gasteiger partial charge in [-0.1, -0.05) is 43.2 Å². The van der Waals surface area contributed by atoms with Crippen LogP contribution < -0.4 is 15.5 Å². The van der Waals surface area contributed by atoms with Gasteiger partial charge in [0.2, 0.25) is 0 Å². The molecule has 2 aliphatic rings. The van der Waals surface area contributed by atoms with E-state index in [1.54, 1.807) is 6.20 Å². The minimum atomic E-state index is -0.329. The number of hydrogen-bond donors (Lipinski definition) is 2. The number of carbonyl (C=O) groups excluding carboxylic acids is 1. The first-order chi connectivity index (χ1) is 17.2. The van der Waals surface area contributed by atoms with Crippen molar-refractivity contribution in [2.75, 3.05) is 18.0 Å². The second-order valence-electron chi connectivity index (χ2n) is 9.57. The van der Waals surface area contributed by atoms with E-state index in [1.165, 1.54) is 18.5 Å². The van der Waals surface area contributed by atoms with Gasteiger partial charge in [0.1, 0.15) is 6.61 Å². The SMILES string of the molecule is O=C(N[C@@H]1CCCC[C@H]1N[C@H]1CCCN(c2ccc(-c3cnco3)cc2)C1)OCc1ccccc1. The molecule has 1 aromatic heterocycles. The zero-order valence-electron chi connectivity index (χ0n) is 20.1. The monoisotopic (exact) mass is 474 g/mol. The normalized spacial score (nSPS) is 22.5. The van der Waals surface area contributed by atoms with Gasteiger partial charge in [0.15, 0.2) is 12.2 Å². The third kappa shape index (κ3) is 6.22. The van der Waals surface area contributed by atoms with Gasteiger partial charge in [-0.25, -0.2) is 9.78 Å². The van der Waals surface area contributed by atoms with Crippen LogP contribution in [0.3, 0.4) is 0 Å². The van der Waals surface area contributed by atoms with Crippen LogP contribution in [0.2, 0.25) is 0 Å². The van der Waals surface area contributed by atoms with E-state index in [4.69, 9.17) is 9.15 Å². The predicted octanol–water partition coefficient (Wildman–Crippen LogP) is 5.14. The molecule has 35 heavy (non-hydrogen) atoms. The van der Waals surface area contributed by atoms with E-state index in [9.17, 15) is 4.79 Å². The number of alkyl carbamates (subject to hydrolysis) is 1. The van der Waals surface area contributed by atoms with Crippen molar-refractivity contribution in [2.45, 2.75) is 63.3 Å². The molecule has 1 amide bonds. The molecule has 7 nitrogen and oxygen atoms in total. The van der Waals surface area contributed by atoms with Crippen LogP contribution in [0.15, 0.2) is 71.6 Å². The van der Waals surface area contributed by atoms with E-state index < -0.39 is 0 Å². The number of oxazole rings is 1. The first-order valence-corrected chi connectivity index (χ1v) is 12.7. The Bertz CT molecular complexity index is 1060. The Kier molecular flexibility index (Phi) is 7.63. The lowest BCUT2D eigenvalue weighted by molar-refractivity contribution is 0.128. The van der Waals surface area contributed by atoms with Gasteiger partial charge in [-0.2, -0.15) is 0 Å². The van der Waals surface area contributed by atoms with Crippen molar-refractivity contribution in [3.05, 3.63) is 72.8 Å². The molecule has 2 aromatic carbocycles. The number of ether oxygens (including phenoxy) is 1. The van der Waals surface area contributed by atoms with Crippen molar-refractivity contribution in [3.63, 3.8) is 0 Å². The van der Waals surface area contributed by atoms with Gasteiger partial charge in [0.25, 0.3) is 0 Å². The van der Waals surface area contributed by atoms with Crippen molar-refractivity contribution >= 4 is 11.8 Å². The average molecular weight is 475 g/mol. The summed E-state index contributed by atoms with van der Waals surface area (Å²) < 4.78 is 10.9. The molecule has 3 atom stereocenters. The van der Waals surface area contributed by atoms with Gasteiger partial charge < -0.3 is 24.7 Å². The molecule has 1 aliphatic carbocycles. The van der Waals surface area contributed by atoms with Crippen LogP contribution in [0.1, 0.15) is 44.1 Å². The summed E-state index contributed by atoms with van der Waals surface area (Å²) in [6.45, 7) is 2.31. The molecule has 0 bridgehead atoms. The van der Waals surface area contributed by atoms with Gasteiger partial charge in [-0.05, 0) is 55.5 Å². The third-order valence-corrected chi connectivity index (χ3v) is 7.10. The lowest BCUT2D eigenvalue weighted by Crippen LogP contribution is -2.57. The lowest BCUT2D eigenvalue weighted by atomic mass is 9.89.